The van der Waals surface area contributed by atoms with E-state index in [2.05, 4.69) is 127 Å². The molecule has 5 heterocycles. The van der Waals surface area contributed by atoms with Crippen molar-refractivity contribution in [1.82, 2.24) is 24.5 Å². The summed E-state index contributed by atoms with van der Waals surface area (Å²) in [5, 5.41) is 2.06. The molecule has 0 aliphatic heterocycles. The van der Waals surface area contributed by atoms with Gasteiger partial charge in [0.2, 0.25) is 5.71 Å². The summed E-state index contributed by atoms with van der Waals surface area (Å²) >= 11 is -2.36. The number of nitrogens with zero attached hydrogens (tertiary/aromatic N) is 5. The molecule has 0 unspecified atom stereocenters. The van der Waals surface area contributed by atoms with Gasteiger partial charge in [-0.15, -0.1) is 17.7 Å². The van der Waals surface area contributed by atoms with Crippen LogP contribution in [0.2, 0.25) is 17.3 Å². The minimum absolute atomic E-state index is 0. The first-order chi connectivity index (χ1) is 32.4. The summed E-state index contributed by atoms with van der Waals surface area (Å²) in [6.07, 6.45) is 4.02. The number of fused-ring (bicyclic) bond motifs is 4. The number of aryl methyl sites for hydroxylation is 3. The van der Waals surface area contributed by atoms with Gasteiger partial charge in [-0.2, -0.15) is 0 Å². The van der Waals surface area contributed by atoms with Gasteiger partial charge in [0.1, 0.15) is 0 Å². The molecule has 0 N–H and O–H groups in total. The molecule has 8 heteroatoms. The summed E-state index contributed by atoms with van der Waals surface area (Å²) in [5.74, 6) is 8.02. The van der Waals surface area contributed by atoms with E-state index in [1.54, 1.807) is 18.3 Å². The van der Waals surface area contributed by atoms with Crippen LogP contribution in [0, 0.1) is 38.2 Å². The summed E-state index contributed by atoms with van der Waals surface area (Å²) in [6, 6.07) is 36.6. The minimum atomic E-state index is -2.36. The van der Waals surface area contributed by atoms with Crippen LogP contribution in [-0.4, -0.2) is 37.8 Å². The van der Waals surface area contributed by atoms with Crippen LogP contribution < -0.4 is 4.40 Å². The molecule has 0 saturated carbocycles. The zero-order valence-electron chi connectivity index (χ0n) is 44.5. The quantitative estimate of drug-likeness (QED) is 0.112. The zero-order valence-corrected chi connectivity index (χ0v) is 44.0. The molecule has 5 aromatic heterocycles. The summed E-state index contributed by atoms with van der Waals surface area (Å²) in [4.78, 5) is 19.0. The van der Waals surface area contributed by atoms with Gasteiger partial charge in [0.25, 0.3) is 0 Å². The molecule has 1 radical (unpaired) electrons. The van der Waals surface area contributed by atoms with Crippen LogP contribution in [0.15, 0.2) is 114 Å². The number of imidazole rings is 1. The average Bonchev–Trinajstić information content (AvgIpc) is 3.87. The molecule has 0 fully saturated rings. The summed E-state index contributed by atoms with van der Waals surface area (Å²) in [5.41, 5.74) is 13.8. The molecule has 0 atom stereocenters. The Bertz CT molecular complexity index is 3320. The first-order valence-electron chi connectivity index (χ1n) is 24.7. The van der Waals surface area contributed by atoms with E-state index < -0.39 is 31.9 Å². The number of pyridine rings is 3. The van der Waals surface area contributed by atoms with Crippen LogP contribution in [0.1, 0.15) is 101 Å². The second kappa shape index (κ2) is 19.0. The Morgan fingerprint density at radius 2 is 1.55 bits per heavy atom. The Morgan fingerprint density at radius 3 is 2.18 bits per heavy atom. The maximum Gasteiger partial charge on any atom is 0 e. The Morgan fingerprint density at radius 1 is 0.831 bits per heavy atom. The molecule has 0 aliphatic rings. The number of benzene rings is 4. The van der Waals surface area contributed by atoms with Crippen molar-refractivity contribution in [2.45, 2.75) is 105 Å². The van der Waals surface area contributed by atoms with Gasteiger partial charge in [0.05, 0.1) is 28.6 Å². The SMILES string of the molecule is Cc1ccc2c(n1)oc1c(-c3nc4ccncc4n3-c3c(C(C)C)cc(-c4ccccc4)cc3C(C)C)[c-]cc(C)c12.[2H]C([2H])([2H])c1c[c-]c(-c2cc(C([2H])([2H])C(C)(C)C)[c]([Ge]([CH3])([CH3])[CH3])cn2)cc1.[Ir]. The topological polar surface area (TPSA) is 69.6 Å². The predicted octanol–water partition coefficient (Wildman–Crippen LogP) is 14.7. The van der Waals surface area contributed by atoms with Gasteiger partial charge in [-0.1, -0.05) is 75.9 Å². The van der Waals surface area contributed by atoms with Crippen molar-refractivity contribution in [1.29, 1.82) is 0 Å². The van der Waals surface area contributed by atoms with E-state index in [1.165, 1.54) is 28.3 Å². The first kappa shape index (κ1) is 41.2. The molecule has 0 spiro atoms. The van der Waals surface area contributed by atoms with E-state index in [9.17, 15) is 0 Å². The molecule has 0 amide bonds. The summed E-state index contributed by atoms with van der Waals surface area (Å²) in [7, 11) is 0. The standard InChI is InChI=1S/C37H33N4O.C20H28GeN.Ir/c1-21(2)29-18-26(25-10-8-7-9-11-25)19-30(22(3)4)34(29)41-32-20-38-17-16-31(32)40-36(41)28-14-12-23(5)33-27-15-13-24(6)39-37(27)42-35(28)33;1-15-8-10-16(11-9-15)19-12-17(13-20(2,3)4)18(14-22-19)21(5,6)7;/h7-13,15-22H,1-6H3;8-10,12,14H,13H2,1-7H3;/q2*-1;/i;1D3,13D2;. The second-order valence-corrected chi connectivity index (χ2v) is 30.1. The average molecular weight is 1100 g/mol. The van der Waals surface area contributed by atoms with E-state index in [1.807, 2.05) is 64.4 Å². The normalized spacial score (nSPS) is 13.5. The van der Waals surface area contributed by atoms with Crippen LogP contribution >= 0.6 is 0 Å². The fourth-order valence-corrected chi connectivity index (χ4v) is 11.3. The van der Waals surface area contributed by atoms with E-state index in [0.717, 1.165) is 60.1 Å². The van der Waals surface area contributed by atoms with E-state index in [4.69, 9.17) is 21.2 Å². The van der Waals surface area contributed by atoms with Gasteiger partial charge in [-0.25, -0.2) is 4.98 Å². The summed E-state index contributed by atoms with van der Waals surface area (Å²) in [6.45, 7) is 16.7. The second-order valence-electron chi connectivity index (χ2n) is 19.5. The fourth-order valence-electron chi connectivity index (χ4n) is 8.35. The van der Waals surface area contributed by atoms with Crippen molar-refractivity contribution in [2.24, 2.45) is 5.41 Å². The molecule has 6 nitrogen and oxygen atoms in total. The molecule has 0 saturated heterocycles. The Hall–Kier alpha value is -5.21. The zero-order chi connectivity index (χ0) is 50.0. The van der Waals surface area contributed by atoms with Crippen molar-refractivity contribution in [3.05, 3.63) is 155 Å². The smallest absolute Gasteiger partial charge is 0 e. The maximum atomic E-state index is 8.80. The molecule has 4 aromatic carbocycles. The van der Waals surface area contributed by atoms with Crippen molar-refractivity contribution in [2.75, 3.05) is 0 Å². The molecule has 9 rings (SSSR count). The Labute approximate surface area is 409 Å². The number of hydrogen-bond donors (Lipinski definition) is 0. The number of rotatable bonds is 8. The van der Waals surface area contributed by atoms with Crippen LogP contribution in [0.5, 0.6) is 0 Å². The third-order valence-corrected chi connectivity index (χ3v) is 15.7. The number of aromatic nitrogens is 5. The molecule has 335 valence electrons. The predicted molar refractivity (Wildman–Crippen MR) is 271 cm³/mol. The van der Waals surface area contributed by atoms with Crippen LogP contribution in [0.25, 0.3) is 72.6 Å². The van der Waals surface area contributed by atoms with Gasteiger partial charge in [-0.05, 0) is 71.3 Å². The van der Waals surface area contributed by atoms with E-state index in [0.29, 0.717) is 22.5 Å². The van der Waals surface area contributed by atoms with Crippen molar-refractivity contribution in [3.8, 4) is 39.5 Å². The van der Waals surface area contributed by atoms with Gasteiger partial charge in [-0.3, -0.25) is 9.97 Å². The van der Waals surface area contributed by atoms with E-state index in [-0.39, 0.29) is 37.5 Å². The molecule has 9 aromatic rings. The van der Waals surface area contributed by atoms with Crippen molar-refractivity contribution >= 4 is 50.8 Å². The largest absolute Gasteiger partial charge is 0 e. The first-order valence-corrected chi connectivity index (χ1v) is 29.5. The molecule has 0 bridgehead atoms. The molecule has 0 aliphatic carbocycles. The molecular weight excluding hydrogens is 1040 g/mol. The maximum absolute atomic E-state index is 8.80. The molecular formula is C57H61GeIrN5O-2. The Kier molecular flexibility index (Phi) is 12.0. The number of hydrogen-bond acceptors (Lipinski definition) is 5. The van der Waals surface area contributed by atoms with E-state index >= 15 is 0 Å². The monoisotopic (exact) mass is 1100 g/mol. The summed E-state index contributed by atoms with van der Waals surface area (Å²) < 4.78 is 49.9. The number of furan rings is 1. The third kappa shape index (κ3) is 9.99. The molecule has 65 heavy (non-hydrogen) atoms. The van der Waals surface area contributed by atoms with Crippen LogP contribution in [-0.2, 0) is 26.5 Å². The van der Waals surface area contributed by atoms with Crippen molar-refractivity contribution in [3.63, 3.8) is 0 Å². The Balaban J connectivity index is 0.000000225. The van der Waals surface area contributed by atoms with Crippen LogP contribution in [0.3, 0.4) is 0 Å². The van der Waals surface area contributed by atoms with Gasteiger partial charge < -0.3 is 8.98 Å². The van der Waals surface area contributed by atoms with Gasteiger partial charge in [0, 0.05) is 43.1 Å². The fraction of sp³-hybridized carbons (Fsp3) is 0.298. The van der Waals surface area contributed by atoms with Gasteiger partial charge >= 0.3 is 145 Å². The van der Waals surface area contributed by atoms with Crippen LogP contribution in [0.4, 0.5) is 0 Å². The van der Waals surface area contributed by atoms with Gasteiger partial charge in [0.15, 0.2) is 0 Å². The third-order valence-electron chi connectivity index (χ3n) is 11.5. The minimum Gasteiger partial charge on any atom is 0 e. The van der Waals surface area contributed by atoms with Crippen molar-refractivity contribution < 1.29 is 31.4 Å².